The highest BCUT2D eigenvalue weighted by Gasteiger charge is 2.36. The molecule has 106 valence electrons. The number of aliphatic hydroxyl groups excluding tert-OH is 2. The molecule has 0 amide bonds. The Balaban J connectivity index is 3.16. The fourth-order valence-corrected chi connectivity index (χ4v) is 1.89. The van der Waals surface area contributed by atoms with Crippen molar-refractivity contribution in [3.8, 4) is 0 Å². The lowest BCUT2D eigenvalue weighted by Gasteiger charge is -2.21. The molecule has 0 aliphatic rings. The number of alkyl halides is 3. The second kappa shape index (κ2) is 5.89. The first-order chi connectivity index (χ1) is 8.62. The molecule has 8 heteroatoms. The van der Waals surface area contributed by atoms with Crippen molar-refractivity contribution in [2.45, 2.75) is 24.8 Å². The van der Waals surface area contributed by atoms with Gasteiger partial charge in [-0.1, -0.05) is 22.0 Å². The Hall–Kier alpha value is -1.12. The largest absolute Gasteiger partial charge is 0.481 e. The van der Waals surface area contributed by atoms with Gasteiger partial charge in [0.25, 0.3) is 0 Å². The molecule has 0 saturated carbocycles. The van der Waals surface area contributed by atoms with Gasteiger partial charge >= 0.3 is 12.1 Å². The molecule has 1 rings (SSSR count). The normalized spacial score (nSPS) is 15.1. The van der Waals surface area contributed by atoms with Crippen LogP contribution in [0.15, 0.2) is 22.7 Å². The summed E-state index contributed by atoms with van der Waals surface area (Å²) in [4.78, 5) is 10.4. The van der Waals surface area contributed by atoms with Gasteiger partial charge in [0.1, 0.15) is 6.10 Å². The van der Waals surface area contributed by atoms with Crippen LogP contribution in [0.4, 0.5) is 13.2 Å². The van der Waals surface area contributed by atoms with Gasteiger partial charge in [0.05, 0.1) is 18.1 Å². The number of halogens is 4. The zero-order chi connectivity index (χ0) is 14.8. The number of aliphatic hydroxyl groups is 2. The first kappa shape index (κ1) is 15.9. The van der Waals surface area contributed by atoms with Gasteiger partial charge in [-0.25, -0.2) is 0 Å². The monoisotopic (exact) mass is 342 g/mol. The predicted molar refractivity (Wildman–Crippen MR) is 62.4 cm³/mol. The maximum absolute atomic E-state index is 12.8. The third-order valence-corrected chi connectivity index (χ3v) is 2.88. The van der Waals surface area contributed by atoms with Crippen molar-refractivity contribution in [2.75, 3.05) is 0 Å². The smallest absolute Gasteiger partial charge is 0.416 e. The van der Waals surface area contributed by atoms with Crippen LogP contribution in [-0.2, 0) is 11.0 Å². The molecule has 2 unspecified atom stereocenters. The molecular formula is C11H10BrF3O4. The van der Waals surface area contributed by atoms with Crippen molar-refractivity contribution in [3.05, 3.63) is 33.8 Å². The second-order valence-corrected chi connectivity index (χ2v) is 4.76. The summed E-state index contributed by atoms with van der Waals surface area (Å²) in [5, 5.41) is 27.5. The summed E-state index contributed by atoms with van der Waals surface area (Å²) in [6.45, 7) is 0. The summed E-state index contributed by atoms with van der Waals surface area (Å²) in [6.07, 6.45) is -9.32. The van der Waals surface area contributed by atoms with E-state index < -0.39 is 41.9 Å². The minimum absolute atomic E-state index is 0.156. The number of aliphatic carboxylic acids is 1. The summed E-state index contributed by atoms with van der Waals surface area (Å²) < 4.78 is 38.5. The van der Waals surface area contributed by atoms with Crippen LogP contribution in [-0.4, -0.2) is 27.4 Å². The number of carbonyl (C=O) groups is 1. The van der Waals surface area contributed by atoms with E-state index in [1.54, 1.807) is 0 Å². The fraction of sp³-hybridized carbons (Fsp3) is 0.364. The molecule has 0 aromatic heterocycles. The van der Waals surface area contributed by atoms with E-state index in [1.165, 1.54) is 6.07 Å². The molecule has 4 nitrogen and oxygen atoms in total. The van der Waals surface area contributed by atoms with Crippen LogP contribution >= 0.6 is 15.9 Å². The third-order valence-electron chi connectivity index (χ3n) is 2.39. The molecular weight excluding hydrogens is 333 g/mol. The van der Waals surface area contributed by atoms with E-state index in [2.05, 4.69) is 15.9 Å². The molecule has 3 N–H and O–H groups in total. The number of carboxylic acid groups (broad SMARTS) is 1. The number of carboxylic acids is 1. The quantitative estimate of drug-likeness (QED) is 0.784. The van der Waals surface area contributed by atoms with Gasteiger partial charge in [0.15, 0.2) is 0 Å². The molecule has 0 aliphatic heterocycles. The SMILES string of the molecule is O=C(O)CC(O)C(O)c1ccc(Br)cc1C(F)(F)F. The third kappa shape index (κ3) is 4.19. The number of benzene rings is 1. The standard InChI is InChI=1S/C11H10BrF3O4/c12-5-1-2-6(7(3-5)11(13,14)15)10(19)8(16)4-9(17)18/h1-3,8,10,16,19H,4H2,(H,17,18). The molecule has 0 radical (unpaired) electrons. The number of rotatable bonds is 4. The molecule has 19 heavy (non-hydrogen) atoms. The summed E-state index contributed by atoms with van der Waals surface area (Å²) in [5.74, 6) is -1.42. The highest BCUT2D eigenvalue weighted by Crippen LogP contribution is 2.37. The van der Waals surface area contributed by atoms with Crippen molar-refractivity contribution < 1.29 is 33.3 Å². The summed E-state index contributed by atoms with van der Waals surface area (Å²) in [5.41, 5.74) is -1.69. The highest BCUT2D eigenvalue weighted by atomic mass is 79.9. The zero-order valence-electron chi connectivity index (χ0n) is 9.36. The van der Waals surface area contributed by atoms with Crippen molar-refractivity contribution in [1.82, 2.24) is 0 Å². The van der Waals surface area contributed by atoms with Gasteiger partial charge in [-0.05, 0) is 17.7 Å². The molecule has 0 aliphatic carbocycles. The molecule has 0 heterocycles. The van der Waals surface area contributed by atoms with Crippen LogP contribution in [0.1, 0.15) is 23.7 Å². The Kier molecular flexibility index (Phi) is 4.94. The average molecular weight is 343 g/mol. The van der Waals surface area contributed by atoms with E-state index in [0.29, 0.717) is 0 Å². The Morgan fingerprint density at radius 2 is 1.89 bits per heavy atom. The lowest BCUT2D eigenvalue weighted by atomic mass is 9.97. The summed E-state index contributed by atoms with van der Waals surface area (Å²) in [6, 6.07) is 3.01. The Bertz CT molecular complexity index is 475. The van der Waals surface area contributed by atoms with Gasteiger partial charge in [-0.3, -0.25) is 4.79 Å². The minimum atomic E-state index is -4.72. The maximum Gasteiger partial charge on any atom is 0.416 e. The van der Waals surface area contributed by atoms with Crippen LogP contribution in [0.25, 0.3) is 0 Å². The lowest BCUT2D eigenvalue weighted by molar-refractivity contribution is -0.142. The van der Waals surface area contributed by atoms with Crippen molar-refractivity contribution in [1.29, 1.82) is 0 Å². The van der Waals surface area contributed by atoms with Crippen molar-refractivity contribution in [2.24, 2.45) is 0 Å². The molecule has 1 aromatic carbocycles. The Labute approximate surface area is 114 Å². The molecule has 0 spiro atoms. The molecule has 0 saturated heterocycles. The van der Waals surface area contributed by atoms with Crippen molar-refractivity contribution in [3.63, 3.8) is 0 Å². The summed E-state index contributed by atoms with van der Waals surface area (Å²) in [7, 11) is 0. The molecule has 2 atom stereocenters. The average Bonchev–Trinajstić information content (AvgIpc) is 2.25. The van der Waals surface area contributed by atoms with Crippen LogP contribution in [0.2, 0.25) is 0 Å². The van der Waals surface area contributed by atoms with E-state index in [0.717, 1.165) is 12.1 Å². The molecule has 0 bridgehead atoms. The predicted octanol–water partition coefficient (Wildman–Crippen LogP) is 2.34. The zero-order valence-corrected chi connectivity index (χ0v) is 10.9. The first-order valence-electron chi connectivity index (χ1n) is 5.07. The topological polar surface area (TPSA) is 77.8 Å². The van der Waals surface area contributed by atoms with Crippen LogP contribution in [0.3, 0.4) is 0 Å². The Morgan fingerprint density at radius 1 is 1.32 bits per heavy atom. The highest BCUT2D eigenvalue weighted by molar-refractivity contribution is 9.10. The van der Waals surface area contributed by atoms with E-state index >= 15 is 0 Å². The van der Waals surface area contributed by atoms with Crippen LogP contribution in [0.5, 0.6) is 0 Å². The van der Waals surface area contributed by atoms with Gasteiger partial charge in [0, 0.05) is 4.47 Å². The lowest BCUT2D eigenvalue weighted by Crippen LogP contribution is -2.24. The van der Waals surface area contributed by atoms with E-state index in [-0.39, 0.29) is 4.47 Å². The number of hydrogen-bond acceptors (Lipinski definition) is 3. The second-order valence-electron chi connectivity index (χ2n) is 3.84. The number of hydrogen-bond donors (Lipinski definition) is 3. The fourth-order valence-electron chi connectivity index (χ4n) is 1.53. The molecule has 1 aromatic rings. The van der Waals surface area contributed by atoms with Gasteiger partial charge in [0.2, 0.25) is 0 Å². The van der Waals surface area contributed by atoms with Gasteiger partial charge in [-0.2, -0.15) is 13.2 Å². The van der Waals surface area contributed by atoms with Crippen molar-refractivity contribution >= 4 is 21.9 Å². The van der Waals surface area contributed by atoms with E-state index in [9.17, 15) is 28.2 Å². The maximum atomic E-state index is 12.8. The Morgan fingerprint density at radius 3 is 2.37 bits per heavy atom. The van der Waals surface area contributed by atoms with E-state index in [4.69, 9.17) is 5.11 Å². The van der Waals surface area contributed by atoms with E-state index in [1.807, 2.05) is 0 Å². The van der Waals surface area contributed by atoms with Gasteiger partial charge in [-0.15, -0.1) is 0 Å². The first-order valence-corrected chi connectivity index (χ1v) is 5.86. The molecule has 0 fully saturated rings. The van der Waals surface area contributed by atoms with Gasteiger partial charge < -0.3 is 15.3 Å². The summed E-state index contributed by atoms with van der Waals surface area (Å²) >= 11 is 2.88. The minimum Gasteiger partial charge on any atom is -0.481 e. The van der Waals surface area contributed by atoms with Crippen LogP contribution in [0, 0.1) is 0 Å². The van der Waals surface area contributed by atoms with Crippen LogP contribution < -0.4 is 0 Å².